The van der Waals surface area contributed by atoms with Crippen molar-refractivity contribution in [2.75, 3.05) is 26.9 Å². The molecular weight excluding hydrogens is 322 g/mol. The maximum absolute atomic E-state index is 12.3. The van der Waals surface area contributed by atoms with Gasteiger partial charge in [-0.3, -0.25) is 4.79 Å². The highest BCUT2D eigenvalue weighted by Crippen LogP contribution is 2.26. The maximum atomic E-state index is 12.3. The summed E-state index contributed by atoms with van der Waals surface area (Å²) in [6.07, 6.45) is 2.01. The molecule has 1 aliphatic heterocycles. The summed E-state index contributed by atoms with van der Waals surface area (Å²) in [4.78, 5) is 24.2. The topological polar surface area (TPSA) is 73.9 Å². The molecule has 3 rings (SSSR count). The predicted octanol–water partition coefficient (Wildman–Crippen LogP) is 2.30. The van der Waals surface area contributed by atoms with Crippen molar-refractivity contribution in [1.82, 2.24) is 5.32 Å². The van der Waals surface area contributed by atoms with E-state index in [1.54, 1.807) is 12.1 Å². The molecule has 6 nitrogen and oxygen atoms in total. The minimum absolute atomic E-state index is 0.0558. The van der Waals surface area contributed by atoms with Gasteiger partial charge in [0.15, 0.2) is 6.61 Å². The van der Waals surface area contributed by atoms with Crippen LogP contribution in [0.1, 0.15) is 23.2 Å². The van der Waals surface area contributed by atoms with Gasteiger partial charge in [0, 0.05) is 13.2 Å². The van der Waals surface area contributed by atoms with Crippen LogP contribution in [0.15, 0.2) is 36.4 Å². The number of carbonyl (C=O) groups excluding carboxylic acids is 2. The summed E-state index contributed by atoms with van der Waals surface area (Å²) in [6.45, 7) is 0.842. The lowest BCUT2D eigenvalue weighted by atomic mass is 10.1. The Labute approximate surface area is 146 Å². The Morgan fingerprint density at radius 2 is 2.00 bits per heavy atom. The summed E-state index contributed by atoms with van der Waals surface area (Å²) in [6, 6.07) is 11.1. The Morgan fingerprint density at radius 1 is 1.24 bits per heavy atom. The minimum Gasteiger partial charge on any atom is -0.496 e. The Balaban J connectivity index is 1.60. The molecule has 0 radical (unpaired) electrons. The Bertz CT molecular complexity index is 767. The normalized spacial score (nSPS) is 16.6. The molecule has 1 amide bonds. The van der Waals surface area contributed by atoms with E-state index in [4.69, 9.17) is 14.2 Å². The van der Waals surface area contributed by atoms with Gasteiger partial charge in [0.2, 0.25) is 0 Å². The molecule has 1 heterocycles. The smallest absolute Gasteiger partial charge is 0.342 e. The van der Waals surface area contributed by atoms with Crippen molar-refractivity contribution in [3.63, 3.8) is 0 Å². The number of methoxy groups -OCH3 is 1. The summed E-state index contributed by atoms with van der Waals surface area (Å²) in [5.74, 6) is -0.512. The summed E-state index contributed by atoms with van der Waals surface area (Å²) in [5.41, 5.74) is 0.299. The van der Waals surface area contributed by atoms with Crippen molar-refractivity contribution in [1.29, 1.82) is 0 Å². The molecule has 0 aliphatic carbocycles. The van der Waals surface area contributed by atoms with Gasteiger partial charge >= 0.3 is 5.97 Å². The van der Waals surface area contributed by atoms with Crippen molar-refractivity contribution in [2.45, 2.75) is 18.9 Å². The number of benzene rings is 2. The van der Waals surface area contributed by atoms with E-state index in [1.807, 2.05) is 24.3 Å². The van der Waals surface area contributed by atoms with E-state index in [2.05, 4.69) is 5.32 Å². The van der Waals surface area contributed by atoms with Crippen LogP contribution in [0.4, 0.5) is 0 Å². The van der Waals surface area contributed by atoms with Gasteiger partial charge in [-0.05, 0) is 35.7 Å². The number of carbonyl (C=O) groups is 2. The molecular formula is C19H21NO5. The average molecular weight is 343 g/mol. The molecule has 0 saturated carbocycles. The molecule has 1 N–H and O–H groups in total. The quantitative estimate of drug-likeness (QED) is 0.815. The molecule has 132 valence electrons. The van der Waals surface area contributed by atoms with Gasteiger partial charge in [0.05, 0.1) is 13.2 Å². The SMILES string of the molecule is COc1cc2ccccc2cc1C(=O)OCC(=O)NC[C@H]1CCCO1. The van der Waals surface area contributed by atoms with Crippen LogP contribution in [0.25, 0.3) is 10.8 Å². The van der Waals surface area contributed by atoms with E-state index in [9.17, 15) is 9.59 Å². The third kappa shape index (κ3) is 4.28. The van der Waals surface area contributed by atoms with E-state index in [-0.39, 0.29) is 18.6 Å². The molecule has 1 aliphatic rings. The van der Waals surface area contributed by atoms with Crippen molar-refractivity contribution in [3.8, 4) is 5.75 Å². The molecule has 0 spiro atoms. The minimum atomic E-state index is -0.588. The molecule has 1 saturated heterocycles. The number of amides is 1. The van der Waals surface area contributed by atoms with Crippen LogP contribution >= 0.6 is 0 Å². The molecule has 0 bridgehead atoms. The molecule has 2 aromatic rings. The fourth-order valence-electron chi connectivity index (χ4n) is 2.84. The number of hydrogen-bond acceptors (Lipinski definition) is 5. The van der Waals surface area contributed by atoms with Crippen LogP contribution in [-0.4, -0.2) is 44.8 Å². The fraction of sp³-hybridized carbons (Fsp3) is 0.368. The lowest BCUT2D eigenvalue weighted by Gasteiger charge is -2.12. The first-order chi connectivity index (χ1) is 12.2. The molecule has 25 heavy (non-hydrogen) atoms. The highest BCUT2D eigenvalue weighted by molar-refractivity contribution is 5.99. The standard InChI is InChI=1S/C19H21NO5/c1-23-17-10-14-6-3-2-5-13(14)9-16(17)19(22)25-12-18(21)20-11-15-7-4-8-24-15/h2-3,5-6,9-10,15H,4,7-8,11-12H2,1H3,(H,20,21)/t15-/m1/s1. The van der Waals surface area contributed by atoms with E-state index >= 15 is 0 Å². The monoisotopic (exact) mass is 343 g/mol. The van der Waals surface area contributed by atoms with E-state index in [0.29, 0.717) is 17.9 Å². The summed E-state index contributed by atoms with van der Waals surface area (Å²) < 4.78 is 15.8. The lowest BCUT2D eigenvalue weighted by Crippen LogP contribution is -2.34. The Hall–Kier alpha value is -2.60. The predicted molar refractivity (Wildman–Crippen MR) is 92.8 cm³/mol. The highest BCUT2D eigenvalue weighted by atomic mass is 16.5. The summed E-state index contributed by atoms with van der Waals surface area (Å²) in [5, 5.41) is 4.58. The lowest BCUT2D eigenvalue weighted by molar-refractivity contribution is -0.124. The first-order valence-corrected chi connectivity index (χ1v) is 8.29. The van der Waals surface area contributed by atoms with E-state index in [1.165, 1.54) is 7.11 Å². The van der Waals surface area contributed by atoms with Crippen molar-refractivity contribution in [3.05, 3.63) is 42.0 Å². The molecule has 0 unspecified atom stereocenters. The Morgan fingerprint density at radius 3 is 2.68 bits per heavy atom. The van der Waals surface area contributed by atoms with Gasteiger partial charge in [-0.1, -0.05) is 24.3 Å². The number of esters is 1. The second-order valence-electron chi connectivity index (χ2n) is 5.91. The van der Waals surface area contributed by atoms with Gasteiger partial charge < -0.3 is 19.5 Å². The van der Waals surface area contributed by atoms with Gasteiger partial charge in [-0.15, -0.1) is 0 Å². The molecule has 1 atom stereocenters. The zero-order valence-corrected chi connectivity index (χ0v) is 14.1. The second kappa shape index (κ2) is 7.98. The average Bonchev–Trinajstić information content (AvgIpc) is 3.16. The zero-order chi connectivity index (χ0) is 17.6. The first-order valence-electron chi connectivity index (χ1n) is 8.29. The van der Waals surface area contributed by atoms with Crippen LogP contribution in [0, 0.1) is 0 Å². The molecule has 1 fully saturated rings. The summed E-state index contributed by atoms with van der Waals surface area (Å²) >= 11 is 0. The van der Waals surface area contributed by atoms with Crippen molar-refractivity contribution in [2.24, 2.45) is 0 Å². The van der Waals surface area contributed by atoms with Gasteiger partial charge in [0.1, 0.15) is 11.3 Å². The second-order valence-corrected chi connectivity index (χ2v) is 5.91. The van der Waals surface area contributed by atoms with Crippen LogP contribution in [0.2, 0.25) is 0 Å². The zero-order valence-electron chi connectivity index (χ0n) is 14.1. The summed E-state index contributed by atoms with van der Waals surface area (Å²) in [7, 11) is 1.50. The number of fused-ring (bicyclic) bond motifs is 1. The first kappa shape index (κ1) is 17.2. The van der Waals surface area contributed by atoms with E-state index < -0.39 is 5.97 Å². The van der Waals surface area contributed by atoms with Crippen molar-refractivity contribution >= 4 is 22.6 Å². The number of rotatable bonds is 6. The van der Waals surface area contributed by atoms with Gasteiger partial charge in [-0.25, -0.2) is 4.79 Å². The number of nitrogens with one attached hydrogen (secondary N) is 1. The molecule has 2 aromatic carbocycles. The van der Waals surface area contributed by atoms with Gasteiger partial charge in [-0.2, -0.15) is 0 Å². The largest absolute Gasteiger partial charge is 0.496 e. The molecule has 0 aromatic heterocycles. The number of hydrogen-bond donors (Lipinski definition) is 1. The third-order valence-corrected chi connectivity index (χ3v) is 4.17. The van der Waals surface area contributed by atoms with Crippen LogP contribution < -0.4 is 10.1 Å². The number of ether oxygens (including phenoxy) is 3. The fourth-order valence-corrected chi connectivity index (χ4v) is 2.84. The van der Waals surface area contributed by atoms with E-state index in [0.717, 1.165) is 30.2 Å². The van der Waals surface area contributed by atoms with Crippen LogP contribution in [-0.2, 0) is 14.3 Å². The van der Waals surface area contributed by atoms with Crippen molar-refractivity contribution < 1.29 is 23.8 Å². The van der Waals surface area contributed by atoms with Crippen LogP contribution in [0.3, 0.4) is 0 Å². The van der Waals surface area contributed by atoms with Crippen LogP contribution in [0.5, 0.6) is 5.75 Å². The maximum Gasteiger partial charge on any atom is 0.342 e. The molecule has 6 heteroatoms. The third-order valence-electron chi connectivity index (χ3n) is 4.17. The Kier molecular flexibility index (Phi) is 5.50. The highest BCUT2D eigenvalue weighted by Gasteiger charge is 2.18. The van der Waals surface area contributed by atoms with Gasteiger partial charge in [0.25, 0.3) is 5.91 Å².